The van der Waals surface area contributed by atoms with Gasteiger partial charge in [-0.2, -0.15) is 0 Å². The lowest BCUT2D eigenvalue weighted by atomic mass is 10.3. The van der Waals surface area contributed by atoms with Crippen LogP contribution in [-0.4, -0.2) is 25.2 Å². The zero-order valence-corrected chi connectivity index (χ0v) is 9.91. The second kappa shape index (κ2) is 5.89. The Balaban J connectivity index is 1.79. The fourth-order valence-corrected chi connectivity index (χ4v) is 1.51. The molecule has 3 heteroatoms. The van der Waals surface area contributed by atoms with Gasteiger partial charge in [-0.05, 0) is 24.3 Å². The number of likely N-dealkylation sites (N-methyl/N-ethyl adjacent to an activating group) is 1. The van der Waals surface area contributed by atoms with Crippen LogP contribution in [0, 0.1) is 0 Å². The van der Waals surface area contributed by atoms with Crippen LogP contribution in [0.5, 0.6) is 5.75 Å². The highest BCUT2D eigenvalue weighted by Crippen LogP contribution is 2.09. The summed E-state index contributed by atoms with van der Waals surface area (Å²) < 4.78 is 5.63. The quantitative estimate of drug-likeness (QED) is 0.786. The second-order valence-electron chi connectivity index (χ2n) is 3.77. The maximum Gasteiger partial charge on any atom is 0.128 e. The Hall–Kier alpha value is -2.03. The Morgan fingerprint density at radius 2 is 1.82 bits per heavy atom. The topological polar surface area (TPSA) is 25.4 Å². The molecule has 0 aliphatic heterocycles. The van der Waals surface area contributed by atoms with E-state index in [9.17, 15) is 0 Å². The van der Waals surface area contributed by atoms with Gasteiger partial charge in [0.05, 0.1) is 6.54 Å². The highest BCUT2D eigenvalue weighted by Gasteiger charge is 2.00. The second-order valence-corrected chi connectivity index (χ2v) is 3.77. The Morgan fingerprint density at radius 1 is 1.06 bits per heavy atom. The number of anilines is 1. The highest BCUT2D eigenvalue weighted by molar-refractivity contribution is 5.36. The fourth-order valence-electron chi connectivity index (χ4n) is 1.51. The minimum atomic E-state index is 0.650. The number of hydrogen-bond acceptors (Lipinski definition) is 3. The van der Waals surface area contributed by atoms with Crippen molar-refractivity contribution in [2.24, 2.45) is 0 Å². The Morgan fingerprint density at radius 3 is 2.53 bits per heavy atom. The van der Waals surface area contributed by atoms with Gasteiger partial charge < -0.3 is 9.64 Å². The molecule has 1 aromatic carbocycles. The largest absolute Gasteiger partial charge is 0.492 e. The molecule has 0 aliphatic rings. The summed E-state index contributed by atoms with van der Waals surface area (Å²) in [5.74, 6) is 1.87. The van der Waals surface area contributed by atoms with Crippen LogP contribution in [0.2, 0.25) is 0 Å². The summed E-state index contributed by atoms with van der Waals surface area (Å²) in [5, 5.41) is 0. The van der Waals surface area contributed by atoms with E-state index in [4.69, 9.17) is 4.74 Å². The zero-order valence-electron chi connectivity index (χ0n) is 9.91. The van der Waals surface area contributed by atoms with Gasteiger partial charge in [-0.15, -0.1) is 0 Å². The molecule has 1 heterocycles. The molecule has 0 aliphatic carbocycles. The molecule has 0 N–H and O–H groups in total. The van der Waals surface area contributed by atoms with Crippen LogP contribution in [-0.2, 0) is 0 Å². The first-order valence-electron chi connectivity index (χ1n) is 5.66. The van der Waals surface area contributed by atoms with Crippen LogP contribution >= 0.6 is 0 Å². The van der Waals surface area contributed by atoms with Crippen LogP contribution in [0.3, 0.4) is 0 Å². The van der Waals surface area contributed by atoms with E-state index in [1.807, 2.05) is 55.6 Å². The average Bonchev–Trinajstić information content (AvgIpc) is 2.41. The van der Waals surface area contributed by atoms with E-state index in [0.29, 0.717) is 6.61 Å². The number of rotatable bonds is 5. The third kappa shape index (κ3) is 3.48. The summed E-state index contributed by atoms with van der Waals surface area (Å²) in [6.07, 6.45) is 1.80. The van der Waals surface area contributed by atoms with Crippen molar-refractivity contribution in [3.8, 4) is 5.75 Å². The third-order valence-electron chi connectivity index (χ3n) is 2.48. The molecule has 2 aromatic rings. The molecular formula is C14H16N2O. The molecule has 0 fully saturated rings. The van der Waals surface area contributed by atoms with Gasteiger partial charge >= 0.3 is 0 Å². The van der Waals surface area contributed by atoms with Crippen molar-refractivity contribution >= 4 is 5.82 Å². The van der Waals surface area contributed by atoms with Gasteiger partial charge in [0.15, 0.2) is 0 Å². The number of para-hydroxylation sites is 1. The Bertz CT molecular complexity index is 430. The summed E-state index contributed by atoms with van der Waals surface area (Å²) in [7, 11) is 2.01. The summed E-state index contributed by atoms with van der Waals surface area (Å²) in [5.41, 5.74) is 0. The van der Waals surface area contributed by atoms with Crippen LogP contribution in [0.15, 0.2) is 54.7 Å². The van der Waals surface area contributed by atoms with Crippen LogP contribution in [0.25, 0.3) is 0 Å². The van der Waals surface area contributed by atoms with E-state index >= 15 is 0 Å². The van der Waals surface area contributed by atoms with E-state index < -0.39 is 0 Å². The van der Waals surface area contributed by atoms with Crippen molar-refractivity contribution in [3.05, 3.63) is 54.7 Å². The highest BCUT2D eigenvalue weighted by atomic mass is 16.5. The first-order valence-corrected chi connectivity index (χ1v) is 5.66. The monoisotopic (exact) mass is 228 g/mol. The molecule has 0 radical (unpaired) electrons. The molecule has 88 valence electrons. The lowest BCUT2D eigenvalue weighted by Crippen LogP contribution is -2.24. The smallest absolute Gasteiger partial charge is 0.128 e. The van der Waals surface area contributed by atoms with Crippen molar-refractivity contribution in [2.45, 2.75) is 0 Å². The van der Waals surface area contributed by atoms with Gasteiger partial charge in [-0.3, -0.25) is 0 Å². The summed E-state index contributed by atoms with van der Waals surface area (Å²) in [4.78, 5) is 6.35. The minimum Gasteiger partial charge on any atom is -0.492 e. The maximum atomic E-state index is 5.63. The molecular weight excluding hydrogens is 212 g/mol. The van der Waals surface area contributed by atoms with Crippen molar-refractivity contribution < 1.29 is 4.74 Å². The molecule has 0 atom stereocenters. The third-order valence-corrected chi connectivity index (χ3v) is 2.48. The molecule has 0 spiro atoms. The van der Waals surface area contributed by atoms with E-state index in [-0.39, 0.29) is 0 Å². The molecule has 0 unspecified atom stereocenters. The molecule has 0 amide bonds. The SMILES string of the molecule is CN(CCOc1ccccc1)c1ccccn1. The lowest BCUT2D eigenvalue weighted by molar-refractivity contribution is 0.325. The summed E-state index contributed by atoms with van der Waals surface area (Å²) in [6, 6.07) is 15.7. The summed E-state index contributed by atoms with van der Waals surface area (Å²) in [6.45, 7) is 1.46. The first kappa shape index (κ1) is 11.5. The predicted molar refractivity (Wildman–Crippen MR) is 69.4 cm³/mol. The summed E-state index contributed by atoms with van der Waals surface area (Å²) >= 11 is 0. The molecule has 0 bridgehead atoms. The Kier molecular flexibility index (Phi) is 3.97. The van der Waals surface area contributed by atoms with Gasteiger partial charge in [0, 0.05) is 13.2 Å². The first-order chi connectivity index (χ1) is 8.36. The van der Waals surface area contributed by atoms with E-state index in [1.165, 1.54) is 0 Å². The Labute approximate surface area is 102 Å². The van der Waals surface area contributed by atoms with Crippen LogP contribution < -0.4 is 9.64 Å². The minimum absolute atomic E-state index is 0.650. The molecule has 0 saturated heterocycles. The number of benzene rings is 1. The lowest BCUT2D eigenvalue weighted by Gasteiger charge is -2.17. The van der Waals surface area contributed by atoms with Crippen molar-refractivity contribution in [3.63, 3.8) is 0 Å². The molecule has 1 aromatic heterocycles. The molecule has 3 nitrogen and oxygen atoms in total. The van der Waals surface area contributed by atoms with Crippen LogP contribution in [0.4, 0.5) is 5.82 Å². The molecule has 0 saturated carbocycles. The number of nitrogens with zero attached hydrogens (tertiary/aromatic N) is 2. The van der Waals surface area contributed by atoms with Gasteiger partial charge in [0.25, 0.3) is 0 Å². The average molecular weight is 228 g/mol. The predicted octanol–water partition coefficient (Wildman–Crippen LogP) is 2.60. The molecule has 17 heavy (non-hydrogen) atoms. The van der Waals surface area contributed by atoms with E-state index in [1.54, 1.807) is 6.20 Å². The van der Waals surface area contributed by atoms with Crippen molar-refractivity contribution in [1.82, 2.24) is 4.98 Å². The van der Waals surface area contributed by atoms with Gasteiger partial charge in [0.1, 0.15) is 18.2 Å². The number of ether oxygens (including phenoxy) is 1. The number of aromatic nitrogens is 1. The van der Waals surface area contributed by atoms with Gasteiger partial charge in [-0.25, -0.2) is 4.98 Å². The van der Waals surface area contributed by atoms with Crippen molar-refractivity contribution in [2.75, 3.05) is 25.1 Å². The maximum absolute atomic E-state index is 5.63. The standard InChI is InChI=1S/C14H16N2O/c1-16(14-9-5-6-10-15-14)11-12-17-13-7-3-2-4-8-13/h2-10H,11-12H2,1H3. The number of hydrogen-bond donors (Lipinski definition) is 0. The van der Waals surface area contributed by atoms with Gasteiger partial charge in [0.2, 0.25) is 0 Å². The van der Waals surface area contributed by atoms with Gasteiger partial charge in [-0.1, -0.05) is 24.3 Å². The van der Waals surface area contributed by atoms with E-state index in [0.717, 1.165) is 18.1 Å². The van der Waals surface area contributed by atoms with Crippen LogP contribution in [0.1, 0.15) is 0 Å². The molecule has 2 rings (SSSR count). The van der Waals surface area contributed by atoms with E-state index in [2.05, 4.69) is 9.88 Å². The fraction of sp³-hybridized carbons (Fsp3) is 0.214. The number of pyridine rings is 1. The zero-order chi connectivity index (χ0) is 11.9. The normalized spacial score (nSPS) is 9.94. The van der Waals surface area contributed by atoms with Crippen molar-refractivity contribution in [1.29, 1.82) is 0 Å².